The van der Waals surface area contributed by atoms with Crippen LogP contribution in [0.4, 0.5) is 15.8 Å². The summed E-state index contributed by atoms with van der Waals surface area (Å²) < 4.78 is 26.4. The fourth-order valence-electron chi connectivity index (χ4n) is 3.45. The predicted molar refractivity (Wildman–Crippen MR) is 120 cm³/mol. The standard InChI is InChI=1S/C20H21ClFN3O2.2ClH/c1-26-18-9-13-11-24-12-25(16-4-2-3-15(21)20(16)22)17(13)10-19(18)27-14-5-7-23-8-6-14;;/h2-4,9-11,14,23H,5-8,12H2,1H3;2*1H. The first-order chi connectivity index (χ1) is 13.2. The molecule has 9 heteroatoms. The van der Waals surface area contributed by atoms with Gasteiger partial charge in [-0.15, -0.1) is 24.8 Å². The lowest BCUT2D eigenvalue weighted by Crippen LogP contribution is -2.34. The van der Waals surface area contributed by atoms with E-state index in [4.69, 9.17) is 21.1 Å². The summed E-state index contributed by atoms with van der Waals surface area (Å²) in [6.07, 6.45) is 3.78. The molecule has 2 heterocycles. The van der Waals surface area contributed by atoms with Crippen LogP contribution >= 0.6 is 36.4 Å². The quantitative estimate of drug-likeness (QED) is 0.695. The molecule has 158 valence electrons. The molecule has 0 bridgehead atoms. The van der Waals surface area contributed by atoms with E-state index in [2.05, 4.69) is 10.3 Å². The van der Waals surface area contributed by atoms with E-state index in [0.29, 0.717) is 23.9 Å². The van der Waals surface area contributed by atoms with Crippen LogP contribution in [0.5, 0.6) is 11.5 Å². The van der Waals surface area contributed by atoms with Crippen LogP contribution in [0.25, 0.3) is 0 Å². The number of halogens is 4. The molecule has 1 fully saturated rings. The van der Waals surface area contributed by atoms with Crippen molar-refractivity contribution in [3.05, 3.63) is 46.7 Å². The molecule has 0 spiro atoms. The van der Waals surface area contributed by atoms with Crippen molar-refractivity contribution < 1.29 is 13.9 Å². The van der Waals surface area contributed by atoms with Gasteiger partial charge < -0.3 is 19.7 Å². The Balaban J connectivity index is 0.00000150. The minimum absolute atomic E-state index is 0. The Morgan fingerprint density at radius 2 is 1.90 bits per heavy atom. The van der Waals surface area contributed by atoms with Gasteiger partial charge in [-0.3, -0.25) is 4.99 Å². The van der Waals surface area contributed by atoms with Gasteiger partial charge in [0.1, 0.15) is 12.8 Å². The van der Waals surface area contributed by atoms with E-state index in [1.54, 1.807) is 30.4 Å². The number of piperidine rings is 1. The molecule has 0 amide bonds. The van der Waals surface area contributed by atoms with Crippen molar-refractivity contribution in [2.45, 2.75) is 18.9 Å². The van der Waals surface area contributed by atoms with E-state index < -0.39 is 5.82 Å². The summed E-state index contributed by atoms with van der Waals surface area (Å²) >= 11 is 5.98. The number of nitrogens with zero attached hydrogens (tertiary/aromatic N) is 2. The Morgan fingerprint density at radius 3 is 2.62 bits per heavy atom. The Kier molecular flexibility index (Phi) is 8.40. The second kappa shape index (κ2) is 10.3. The Labute approximate surface area is 187 Å². The molecule has 2 aromatic carbocycles. The highest BCUT2D eigenvalue weighted by atomic mass is 35.5. The van der Waals surface area contributed by atoms with Gasteiger partial charge in [0, 0.05) is 17.8 Å². The fraction of sp³-hybridized carbons (Fsp3) is 0.350. The highest BCUT2D eigenvalue weighted by Crippen LogP contribution is 2.41. The molecule has 0 aromatic heterocycles. The van der Waals surface area contributed by atoms with E-state index in [0.717, 1.165) is 37.2 Å². The van der Waals surface area contributed by atoms with Crippen LogP contribution in [0, 0.1) is 5.82 Å². The average molecular weight is 463 g/mol. The first-order valence-corrected chi connectivity index (χ1v) is 9.36. The van der Waals surface area contributed by atoms with Crippen molar-refractivity contribution in [1.82, 2.24) is 5.32 Å². The second-order valence-corrected chi connectivity index (χ2v) is 6.99. The lowest BCUT2D eigenvalue weighted by Gasteiger charge is -2.30. The minimum atomic E-state index is -0.459. The lowest BCUT2D eigenvalue weighted by molar-refractivity contribution is 0.157. The van der Waals surface area contributed by atoms with Gasteiger partial charge in [-0.2, -0.15) is 0 Å². The van der Waals surface area contributed by atoms with Crippen LogP contribution in [0.3, 0.4) is 0 Å². The molecule has 1 N–H and O–H groups in total. The third-order valence-electron chi connectivity index (χ3n) is 4.86. The molecular formula is C20H23Cl3FN3O2. The molecule has 0 unspecified atom stereocenters. The molecular weight excluding hydrogens is 440 g/mol. The van der Waals surface area contributed by atoms with Gasteiger partial charge in [0.25, 0.3) is 0 Å². The van der Waals surface area contributed by atoms with Crippen LogP contribution in [0.1, 0.15) is 18.4 Å². The van der Waals surface area contributed by atoms with Crippen LogP contribution in [0.15, 0.2) is 35.3 Å². The number of aliphatic imine (C=N–C) groups is 1. The average Bonchev–Trinajstić information content (AvgIpc) is 2.70. The summed E-state index contributed by atoms with van der Waals surface area (Å²) in [5, 5.41) is 3.41. The van der Waals surface area contributed by atoms with Gasteiger partial charge in [0.05, 0.1) is 23.5 Å². The zero-order valence-corrected chi connectivity index (χ0v) is 18.2. The Morgan fingerprint density at radius 1 is 1.14 bits per heavy atom. The summed E-state index contributed by atoms with van der Waals surface area (Å²) in [5.41, 5.74) is 2.05. The number of hydrogen-bond acceptors (Lipinski definition) is 5. The van der Waals surface area contributed by atoms with E-state index in [-0.39, 0.29) is 35.9 Å². The molecule has 5 nitrogen and oxygen atoms in total. The topological polar surface area (TPSA) is 46.1 Å². The van der Waals surface area contributed by atoms with Crippen LogP contribution < -0.4 is 19.7 Å². The highest BCUT2D eigenvalue weighted by molar-refractivity contribution is 6.31. The van der Waals surface area contributed by atoms with Crippen LogP contribution in [0.2, 0.25) is 5.02 Å². The maximum atomic E-state index is 14.6. The van der Waals surface area contributed by atoms with Crippen LogP contribution in [-0.2, 0) is 0 Å². The highest BCUT2D eigenvalue weighted by Gasteiger charge is 2.24. The molecule has 4 rings (SSSR count). The molecule has 2 aliphatic rings. The van der Waals surface area contributed by atoms with E-state index in [1.807, 2.05) is 12.1 Å². The molecule has 0 radical (unpaired) electrons. The van der Waals surface area contributed by atoms with Gasteiger partial charge in [-0.05, 0) is 44.1 Å². The number of methoxy groups -OCH3 is 1. The number of anilines is 2. The Bertz CT molecular complexity index is 876. The number of nitrogens with one attached hydrogen (secondary N) is 1. The number of ether oxygens (including phenoxy) is 2. The van der Waals surface area contributed by atoms with Crippen molar-refractivity contribution in [1.29, 1.82) is 0 Å². The van der Waals surface area contributed by atoms with Crippen molar-refractivity contribution >= 4 is 54.0 Å². The number of rotatable bonds is 4. The first-order valence-electron chi connectivity index (χ1n) is 8.98. The zero-order valence-electron chi connectivity index (χ0n) is 15.9. The lowest BCUT2D eigenvalue weighted by atomic mass is 10.1. The van der Waals surface area contributed by atoms with Gasteiger partial charge in [0.15, 0.2) is 17.3 Å². The fourth-order valence-corrected chi connectivity index (χ4v) is 3.62. The summed E-state index contributed by atoms with van der Waals surface area (Å²) in [7, 11) is 1.62. The number of benzene rings is 2. The maximum Gasteiger partial charge on any atom is 0.165 e. The van der Waals surface area contributed by atoms with E-state index >= 15 is 0 Å². The largest absolute Gasteiger partial charge is 0.493 e. The van der Waals surface area contributed by atoms with Crippen molar-refractivity contribution in [2.75, 3.05) is 31.8 Å². The van der Waals surface area contributed by atoms with E-state index in [9.17, 15) is 4.39 Å². The van der Waals surface area contributed by atoms with Gasteiger partial charge in [-0.25, -0.2) is 4.39 Å². The molecule has 0 saturated carbocycles. The molecule has 2 aromatic rings. The monoisotopic (exact) mass is 461 g/mol. The van der Waals surface area contributed by atoms with Crippen molar-refractivity contribution in [3.8, 4) is 11.5 Å². The third kappa shape index (κ3) is 4.89. The molecule has 0 aliphatic carbocycles. The summed E-state index contributed by atoms with van der Waals surface area (Å²) in [6.45, 7) is 2.18. The van der Waals surface area contributed by atoms with Crippen LogP contribution in [-0.4, -0.2) is 39.2 Å². The first kappa shape index (κ1) is 23.5. The normalized spacial score (nSPS) is 15.8. The summed E-state index contributed by atoms with van der Waals surface area (Å²) in [6, 6.07) is 8.75. The van der Waals surface area contributed by atoms with Gasteiger partial charge in [0.2, 0.25) is 0 Å². The second-order valence-electron chi connectivity index (χ2n) is 6.58. The predicted octanol–water partition coefficient (Wildman–Crippen LogP) is 4.99. The molecule has 2 aliphatic heterocycles. The van der Waals surface area contributed by atoms with Gasteiger partial charge in [-0.1, -0.05) is 17.7 Å². The van der Waals surface area contributed by atoms with Crippen molar-refractivity contribution in [3.63, 3.8) is 0 Å². The maximum absolute atomic E-state index is 14.6. The Hall–Kier alpha value is -1.73. The zero-order chi connectivity index (χ0) is 18.8. The molecule has 29 heavy (non-hydrogen) atoms. The number of hydrogen-bond donors (Lipinski definition) is 1. The summed E-state index contributed by atoms with van der Waals surface area (Å²) in [5.74, 6) is 0.844. The van der Waals surface area contributed by atoms with E-state index in [1.165, 1.54) is 6.07 Å². The minimum Gasteiger partial charge on any atom is -0.493 e. The molecule has 1 saturated heterocycles. The number of fused-ring (bicyclic) bond motifs is 1. The smallest absolute Gasteiger partial charge is 0.165 e. The third-order valence-corrected chi connectivity index (χ3v) is 5.15. The van der Waals surface area contributed by atoms with Crippen molar-refractivity contribution in [2.24, 2.45) is 4.99 Å². The molecule has 0 atom stereocenters. The SMILES string of the molecule is COc1cc2c(cc1OC1CCNCC1)N(c1cccc(Cl)c1F)CN=C2.Cl.Cl. The van der Waals surface area contributed by atoms with Gasteiger partial charge >= 0.3 is 0 Å². The summed E-state index contributed by atoms with van der Waals surface area (Å²) in [4.78, 5) is 6.15.